The van der Waals surface area contributed by atoms with E-state index in [-0.39, 0.29) is 29.7 Å². The van der Waals surface area contributed by atoms with E-state index in [0.717, 1.165) is 0 Å². The predicted octanol–water partition coefficient (Wildman–Crippen LogP) is 0.822. The van der Waals surface area contributed by atoms with Crippen LogP contribution in [0.2, 0.25) is 0 Å². The summed E-state index contributed by atoms with van der Waals surface area (Å²) in [6.07, 6.45) is 0. The van der Waals surface area contributed by atoms with Crippen molar-refractivity contribution in [2.24, 2.45) is 11.7 Å². The van der Waals surface area contributed by atoms with Gasteiger partial charge in [0.05, 0.1) is 12.6 Å². The molecule has 2 aromatic rings. The van der Waals surface area contributed by atoms with Gasteiger partial charge in [0.15, 0.2) is 5.82 Å². The summed E-state index contributed by atoms with van der Waals surface area (Å²) in [5, 5.41) is 8.82. The van der Waals surface area contributed by atoms with Crippen molar-refractivity contribution < 1.29 is 18.5 Å². The molecule has 0 saturated heterocycles. The number of aryl methyl sites for hydroxylation is 1. The summed E-state index contributed by atoms with van der Waals surface area (Å²) in [6, 6.07) is 4.28. The number of benzene rings is 1. The van der Waals surface area contributed by atoms with E-state index in [1.807, 2.05) is 0 Å². The Morgan fingerprint density at radius 1 is 1.31 bits per heavy atom. The lowest BCUT2D eigenvalue weighted by Crippen LogP contribution is -2.47. The summed E-state index contributed by atoms with van der Waals surface area (Å²) in [6.45, 7) is 4.89. The predicted molar refractivity (Wildman–Crippen MR) is 91.2 cm³/mol. The number of nitrogens with two attached hydrogens (primary N) is 1. The van der Waals surface area contributed by atoms with Crippen molar-refractivity contribution in [3.63, 3.8) is 0 Å². The highest BCUT2D eigenvalue weighted by Crippen LogP contribution is 2.22. The van der Waals surface area contributed by atoms with Crippen LogP contribution in [-0.4, -0.2) is 34.5 Å². The zero-order chi connectivity index (χ0) is 19.3. The molecular formula is C17H22FN5O3. The number of halogens is 1. The molecule has 1 heterocycles. The van der Waals surface area contributed by atoms with Crippen LogP contribution in [0, 0.1) is 18.7 Å². The SMILES string of the molecule is Cc1nc(C(NC(=O)CNC(=O)[C@@H](N)C(C)C)c2ccccc2F)no1. The lowest BCUT2D eigenvalue weighted by Gasteiger charge is -2.18. The van der Waals surface area contributed by atoms with E-state index in [1.165, 1.54) is 18.2 Å². The summed E-state index contributed by atoms with van der Waals surface area (Å²) < 4.78 is 19.1. The highest BCUT2D eigenvalue weighted by molar-refractivity contribution is 5.87. The minimum Gasteiger partial charge on any atom is -0.346 e. The van der Waals surface area contributed by atoms with Crippen LogP contribution in [0.5, 0.6) is 0 Å². The third kappa shape index (κ3) is 4.85. The summed E-state index contributed by atoms with van der Waals surface area (Å²) >= 11 is 0. The second-order valence-electron chi connectivity index (χ2n) is 6.18. The maximum absolute atomic E-state index is 14.2. The number of rotatable bonds is 7. The van der Waals surface area contributed by atoms with Crippen LogP contribution < -0.4 is 16.4 Å². The number of hydrogen-bond acceptors (Lipinski definition) is 6. The molecule has 140 valence electrons. The van der Waals surface area contributed by atoms with Crippen LogP contribution in [-0.2, 0) is 9.59 Å². The van der Waals surface area contributed by atoms with Crippen LogP contribution in [0.1, 0.15) is 37.2 Å². The van der Waals surface area contributed by atoms with E-state index >= 15 is 0 Å². The summed E-state index contributed by atoms with van der Waals surface area (Å²) in [7, 11) is 0. The number of carbonyl (C=O) groups is 2. The van der Waals surface area contributed by atoms with Crippen molar-refractivity contribution in [1.29, 1.82) is 0 Å². The molecule has 0 radical (unpaired) electrons. The molecule has 1 aromatic carbocycles. The fourth-order valence-electron chi connectivity index (χ4n) is 2.22. The molecule has 1 unspecified atom stereocenters. The molecule has 9 heteroatoms. The number of nitrogens with zero attached hydrogens (tertiary/aromatic N) is 2. The van der Waals surface area contributed by atoms with Crippen LogP contribution in [0.15, 0.2) is 28.8 Å². The van der Waals surface area contributed by atoms with E-state index in [2.05, 4.69) is 20.8 Å². The van der Waals surface area contributed by atoms with Gasteiger partial charge in [0.25, 0.3) is 0 Å². The van der Waals surface area contributed by atoms with Crippen LogP contribution in [0.3, 0.4) is 0 Å². The quantitative estimate of drug-likeness (QED) is 0.669. The number of nitrogens with one attached hydrogen (secondary N) is 2. The Bertz CT molecular complexity index is 777. The van der Waals surface area contributed by atoms with Gasteiger partial charge in [0, 0.05) is 12.5 Å². The Morgan fingerprint density at radius 2 is 2.00 bits per heavy atom. The first-order valence-electron chi connectivity index (χ1n) is 8.17. The van der Waals surface area contributed by atoms with Crippen molar-refractivity contribution in [1.82, 2.24) is 20.8 Å². The topological polar surface area (TPSA) is 123 Å². The van der Waals surface area contributed by atoms with Gasteiger partial charge in [-0.1, -0.05) is 37.2 Å². The maximum Gasteiger partial charge on any atom is 0.240 e. The van der Waals surface area contributed by atoms with Gasteiger partial charge in [0.1, 0.15) is 11.9 Å². The van der Waals surface area contributed by atoms with Crippen molar-refractivity contribution >= 4 is 11.8 Å². The van der Waals surface area contributed by atoms with Crippen LogP contribution in [0.4, 0.5) is 4.39 Å². The Labute approximate surface area is 150 Å². The van der Waals surface area contributed by atoms with Crippen molar-refractivity contribution in [3.05, 3.63) is 47.4 Å². The molecule has 4 N–H and O–H groups in total. The largest absolute Gasteiger partial charge is 0.346 e. The van der Waals surface area contributed by atoms with Gasteiger partial charge >= 0.3 is 0 Å². The molecule has 0 aliphatic heterocycles. The van der Waals surface area contributed by atoms with Crippen molar-refractivity contribution in [2.45, 2.75) is 32.9 Å². The molecule has 0 spiro atoms. The van der Waals surface area contributed by atoms with Gasteiger partial charge < -0.3 is 20.9 Å². The van der Waals surface area contributed by atoms with Gasteiger partial charge in [-0.05, 0) is 12.0 Å². The second-order valence-corrected chi connectivity index (χ2v) is 6.18. The molecule has 2 rings (SSSR count). The summed E-state index contributed by atoms with van der Waals surface area (Å²) in [5.74, 6) is -1.16. The molecule has 0 aliphatic rings. The van der Waals surface area contributed by atoms with E-state index in [0.29, 0.717) is 0 Å². The second kappa shape index (κ2) is 8.52. The third-order valence-corrected chi connectivity index (χ3v) is 3.77. The fourth-order valence-corrected chi connectivity index (χ4v) is 2.22. The Balaban J connectivity index is 2.11. The van der Waals surface area contributed by atoms with Gasteiger partial charge in [-0.3, -0.25) is 9.59 Å². The Kier molecular flexibility index (Phi) is 6.40. The molecule has 0 bridgehead atoms. The smallest absolute Gasteiger partial charge is 0.240 e. The number of amides is 2. The zero-order valence-corrected chi connectivity index (χ0v) is 14.8. The van der Waals surface area contributed by atoms with Gasteiger partial charge in [-0.25, -0.2) is 4.39 Å². The highest BCUT2D eigenvalue weighted by Gasteiger charge is 2.25. The van der Waals surface area contributed by atoms with E-state index < -0.39 is 29.7 Å². The van der Waals surface area contributed by atoms with Gasteiger partial charge in [-0.2, -0.15) is 4.98 Å². The lowest BCUT2D eigenvalue weighted by atomic mass is 10.0. The van der Waals surface area contributed by atoms with Crippen LogP contribution in [0.25, 0.3) is 0 Å². The Hall–Kier alpha value is -2.81. The number of carbonyl (C=O) groups excluding carboxylic acids is 2. The first-order valence-corrected chi connectivity index (χ1v) is 8.17. The normalized spacial score (nSPS) is 13.3. The fraction of sp³-hybridized carbons (Fsp3) is 0.412. The highest BCUT2D eigenvalue weighted by atomic mass is 19.1. The summed E-state index contributed by atoms with van der Waals surface area (Å²) in [5.41, 5.74) is 5.91. The van der Waals surface area contributed by atoms with Gasteiger partial charge in [0.2, 0.25) is 17.7 Å². The molecule has 8 nitrogen and oxygen atoms in total. The van der Waals surface area contributed by atoms with Crippen molar-refractivity contribution in [3.8, 4) is 0 Å². The van der Waals surface area contributed by atoms with Gasteiger partial charge in [-0.15, -0.1) is 0 Å². The summed E-state index contributed by atoms with van der Waals surface area (Å²) in [4.78, 5) is 28.2. The van der Waals surface area contributed by atoms with Crippen molar-refractivity contribution in [2.75, 3.05) is 6.54 Å². The standard InChI is InChI=1S/C17H22FN5O3/c1-9(2)14(19)17(25)20-8-13(24)22-15(16-21-10(3)26-23-16)11-6-4-5-7-12(11)18/h4-7,9,14-15H,8,19H2,1-3H3,(H,20,25)(H,22,24)/t14-,15?/m0/s1. The average Bonchev–Trinajstić information content (AvgIpc) is 3.03. The number of hydrogen-bond donors (Lipinski definition) is 3. The van der Waals surface area contributed by atoms with E-state index in [9.17, 15) is 14.0 Å². The van der Waals surface area contributed by atoms with Crippen LogP contribution >= 0.6 is 0 Å². The monoisotopic (exact) mass is 363 g/mol. The maximum atomic E-state index is 14.2. The molecular weight excluding hydrogens is 341 g/mol. The molecule has 0 saturated carbocycles. The minimum atomic E-state index is -0.947. The zero-order valence-electron chi connectivity index (χ0n) is 14.8. The first kappa shape index (κ1) is 19.5. The van der Waals surface area contributed by atoms with E-state index in [1.54, 1.807) is 26.8 Å². The lowest BCUT2D eigenvalue weighted by molar-refractivity contribution is -0.127. The molecule has 0 fully saturated rings. The molecule has 26 heavy (non-hydrogen) atoms. The Morgan fingerprint density at radius 3 is 2.58 bits per heavy atom. The first-order chi connectivity index (χ1) is 12.3. The third-order valence-electron chi connectivity index (χ3n) is 3.77. The molecule has 0 aliphatic carbocycles. The van der Waals surface area contributed by atoms with E-state index in [4.69, 9.17) is 10.3 Å². The minimum absolute atomic E-state index is 0.0634. The molecule has 1 aromatic heterocycles. The molecule has 2 amide bonds. The number of aromatic nitrogens is 2. The molecule has 2 atom stereocenters. The average molecular weight is 363 g/mol.